The topological polar surface area (TPSA) is 85.8 Å². The second-order valence-electron chi connectivity index (χ2n) is 10.9. The van der Waals surface area contributed by atoms with Gasteiger partial charge in [-0.05, 0) is 67.6 Å². The van der Waals surface area contributed by atoms with Gasteiger partial charge in [-0.1, -0.05) is 18.2 Å². The van der Waals surface area contributed by atoms with Crippen LogP contribution in [0.15, 0.2) is 48.7 Å². The quantitative estimate of drug-likeness (QED) is 0.443. The fraction of sp³-hybridized carbons (Fsp3) is 0.452. The van der Waals surface area contributed by atoms with Gasteiger partial charge in [0.1, 0.15) is 18.2 Å². The number of benzene rings is 1. The molecule has 1 aliphatic carbocycles. The Hall–Kier alpha value is -3.49. The number of pyridine rings is 2. The molecule has 1 aromatic carbocycles. The van der Waals surface area contributed by atoms with Crippen molar-refractivity contribution in [1.29, 1.82) is 0 Å². The van der Waals surface area contributed by atoms with Crippen molar-refractivity contribution in [3.63, 3.8) is 0 Å². The van der Waals surface area contributed by atoms with Crippen LogP contribution in [0.3, 0.4) is 0 Å². The minimum atomic E-state index is -0.502. The van der Waals surface area contributed by atoms with Gasteiger partial charge < -0.3 is 24.4 Å². The van der Waals surface area contributed by atoms with E-state index >= 15 is 0 Å². The van der Waals surface area contributed by atoms with Crippen LogP contribution in [0.4, 0.5) is 5.82 Å². The number of nitrogens with zero attached hydrogens (tertiary/aromatic N) is 3. The van der Waals surface area contributed by atoms with Gasteiger partial charge in [-0.2, -0.15) is 0 Å². The first-order valence-corrected chi connectivity index (χ1v) is 13.8. The number of para-hydroxylation sites is 1. The smallest absolute Gasteiger partial charge is 0.314 e. The zero-order valence-corrected chi connectivity index (χ0v) is 22.9. The van der Waals surface area contributed by atoms with E-state index in [1.54, 1.807) is 7.11 Å². The Labute approximate surface area is 229 Å². The van der Waals surface area contributed by atoms with Crippen LogP contribution in [0.5, 0.6) is 5.75 Å². The van der Waals surface area contributed by atoms with Crippen molar-refractivity contribution in [2.75, 3.05) is 45.4 Å². The van der Waals surface area contributed by atoms with E-state index in [1.807, 2.05) is 30.5 Å². The third-order valence-corrected chi connectivity index (χ3v) is 8.56. The number of carbonyl (C=O) groups excluding carboxylic acids is 1. The van der Waals surface area contributed by atoms with Gasteiger partial charge in [-0.3, -0.25) is 9.78 Å². The second-order valence-corrected chi connectivity index (χ2v) is 10.9. The predicted molar refractivity (Wildman–Crippen MR) is 149 cm³/mol. The maximum absolute atomic E-state index is 12.7. The van der Waals surface area contributed by atoms with Crippen molar-refractivity contribution in [2.45, 2.75) is 38.8 Å². The minimum Gasteiger partial charge on any atom is -0.488 e. The summed E-state index contributed by atoms with van der Waals surface area (Å²) in [6, 6.07) is 14.3. The first-order valence-electron chi connectivity index (χ1n) is 13.8. The number of fused-ring (bicyclic) bond motifs is 2. The number of hydrogen-bond acceptors (Lipinski definition) is 8. The summed E-state index contributed by atoms with van der Waals surface area (Å²) in [7, 11) is 3.14. The van der Waals surface area contributed by atoms with Crippen LogP contribution in [0, 0.1) is 18.3 Å². The van der Waals surface area contributed by atoms with Gasteiger partial charge in [0.2, 0.25) is 0 Å². The Morgan fingerprint density at radius 2 is 2.00 bits per heavy atom. The summed E-state index contributed by atoms with van der Waals surface area (Å²) in [6.45, 7) is 5.66. The van der Waals surface area contributed by atoms with E-state index in [0.29, 0.717) is 13.2 Å². The van der Waals surface area contributed by atoms with E-state index in [9.17, 15) is 4.79 Å². The Morgan fingerprint density at radius 3 is 2.85 bits per heavy atom. The lowest BCUT2D eigenvalue weighted by molar-refractivity contribution is -0.148. The zero-order valence-electron chi connectivity index (χ0n) is 22.9. The molecule has 8 heteroatoms. The van der Waals surface area contributed by atoms with Crippen molar-refractivity contribution in [3.05, 3.63) is 71.0 Å². The highest BCUT2D eigenvalue weighted by atomic mass is 16.5. The van der Waals surface area contributed by atoms with Gasteiger partial charge in [0.15, 0.2) is 0 Å². The van der Waals surface area contributed by atoms with Crippen molar-refractivity contribution in [2.24, 2.45) is 11.3 Å². The van der Waals surface area contributed by atoms with Gasteiger partial charge in [-0.25, -0.2) is 4.98 Å². The normalized spacial score (nSPS) is 23.5. The molecule has 1 N–H and O–H groups in total. The number of aryl methyl sites for hydroxylation is 1. The molecule has 4 heterocycles. The summed E-state index contributed by atoms with van der Waals surface area (Å²) in [6.07, 6.45) is 4.73. The van der Waals surface area contributed by atoms with Crippen molar-refractivity contribution < 1.29 is 19.0 Å². The summed E-state index contributed by atoms with van der Waals surface area (Å²) in [5, 5.41) is 3.44. The molecule has 6 rings (SSSR count). The van der Waals surface area contributed by atoms with Crippen LogP contribution in [0.2, 0.25) is 0 Å². The second kappa shape index (κ2) is 10.6. The molecule has 0 amide bonds. The number of ether oxygens (including phenoxy) is 3. The molecule has 8 nitrogen and oxygen atoms in total. The zero-order chi connectivity index (χ0) is 27.0. The molecule has 204 valence electrons. The third-order valence-electron chi connectivity index (χ3n) is 8.56. The number of carbonyl (C=O) groups is 1. The summed E-state index contributed by atoms with van der Waals surface area (Å²) < 4.78 is 17.2. The maximum Gasteiger partial charge on any atom is 0.314 e. The molecule has 39 heavy (non-hydrogen) atoms. The van der Waals surface area contributed by atoms with Crippen LogP contribution >= 0.6 is 0 Å². The van der Waals surface area contributed by atoms with E-state index < -0.39 is 5.41 Å². The minimum absolute atomic E-state index is 0.105. The molecule has 3 atom stereocenters. The van der Waals surface area contributed by atoms with Gasteiger partial charge in [0, 0.05) is 49.6 Å². The number of nitrogens with one attached hydrogen (secondary N) is 1. The molecule has 1 saturated carbocycles. The standard InChI is InChI=1S/C31H36N4O4/c1-20-6-4-7-24(29(20)39-18-21-14-22-10-12-32-13-11-25(22)33-16-21)26-8-5-9-28(34-26)35-17-23-15-31(23,30(36)38-3)27(35)19-37-2/h4-9,14,16,23,27,32H,10-13,15,17-19H2,1-3H3/t23-,27+,31+/m0/s1. The van der Waals surface area contributed by atoms with Gasteiger partial charge in [0.25, 0.3) is 0 Å². The summed E-state index contributed by atoms with van der Waals surface area (Å²) >= 11 is 0. The van der Waals surface area contributed by atoms with Crippen LogP contribution in [0.1, 0.15) is 28.8 Å². The maximum atomic E-state index is 12.7. The van der Waals surface area contributed by atoms with Gasteiger partial charge in [0.05, 0.1) is 30.9 Å². The lowest BCUT2D eigenvalue weighted by Crippen LogP contribution is -2.44. The molecule has 2 aromatic heterocycles. The summed E-state index contributed by atoms with van der Waals surface area (Å²) in [4.78, 5) is 24.8. The number of methoxy groups -OCH3 is 2. The van der Waals surface area contributed by atoms with Gasteiger partial charge in [-0.15, -0.1) is 0 Å². The predicted octanol–water partition coefficient (Wildman–Crippen LogP) is 3.73. The molecule has 0 bridgehead atoms. The molecule has 0 spiro atoms. The number of esters is 1. The average Bonchev–Trinajstić information content (AvgIpc) is 3.66. The van der Waals surface area contributed by atoms with E-state index in [2.05, 4.69) is 35.3 Å². The van der Waals surface area contributed by atoms with E-state index in [-0.39, 0.29) is 17.9 Å². The molecule has 1 saturated heterocycles. The molecule has 3 aliphatic rings. The lowest BCUT2D eigenvalue weighted by atomic mass is 9.96. The molecule has 0 radical (unpaired) electrons. The average molecular weight is 529 g/mol. The monoisotopic (exact) mass is 528 g/mol. The molecule has 2 fully saturated rings. The number of aromatic nitrogens is 2. The number of rotatable bonds is 8. The van der Waals surface area contributed by atoms with E-state index in [0.717, 1.165) is 72.8 Å². The van der Waals surface area contributed by atoms with Crippen LogP contribution in [-0.4, -0.2) is 62.4 Å². The molecular weight excluding hydrogens is 492 g/mol. The molecule has 3 aromatic rings. The van der Waals surface area contributed by atoms with E-state index in [1.165, 1.54) is 18.4 Å². The van der Waals surface area contributed by atoms with Crippen molar-refractivity contribution in [3.8, 4) is 17.0 Å². The number of anilines is 1. The molecule has 0 unspecified atom stereocenters. The van der Waals surface area contributed by atoms with E-state index in [4.69, 9.17) is 24.2 Å². The third kappa shape index (κ3) is 4.66. The largest absolute Gasteiger partial charge is 0.488 e. The number of hydrogen-bond donors (Lipinski definition) is 1. The number of piperidine rings is 1. The fourth-order valence-corrected chi connectivity index (χ4v) is 6.45. The summed E-state index contributed by atoms with van der Waals surface area (Å²) in [5.41, 5.74) is 5.88. The first kappa shape index (κ1) is 25.8. The van der Waals surface area contributed by atoms with Crippen LogP contribution in [-0.2, 0) is 33.7 Å². The highest BCUT2D eigenvalue weighted by Crippen LogP contribution is 2.62. The van der Waals surface area contributed by atoms with Gasteiger partial charge >= 0.3 is 5.97 Å². The molecular formula is C31H36N4O4. The highest BCUT2D eigenvalue weighted by molar-refractivity contribution is 5.84. The Bertz CT molecular complexity index is 1380. The Balaban J connectivity index is 1.26. The highest BCUT2D eigenvalue weighted by Gasteiger charge is 2.71. The fourth-order valence-electron chi connectivity index (χ4n) is 6.45. The van der Waals surface area contributed by atoms with Crippen LogP contribution in [0.25, 0.3) is 11.3 Å². The molecule has 2 aliphatic heterocycles. The first-order chi connectivity index (χ1) is 19.0. The van der Waals surface area contributed by atoms with Crippen molar-refractivity contribution >= 4 is 11.8 Å². The lowest BCUT2D eigenvalue weighted by Gasteiger charge is -2.31. The van der Waals surface area contributed by atoms with Crippen molar-refractivity contribution in [1.82, 2.24) is 15.3 Å². The SMILES string of the molecule is COC[C@H]1N(c2cccc(-c3cccc(C)c3OCc3cnc4c(c3)CCNCC4)n2)C[C@@H]2C[C@@]21C(=O)OC. The Kier molecular flexibility index (Phi) is 6.99. The Morgan fingerprint density at radius 1 is 1.15 bits per heavy atom. The van der Waals surface area contributed by atoms with Crippen LogP contribution < -0.4 is 15.0 Å². The summed E-state index contributed by atoms with van der Waals surface area (Å²) in [5.74, 6) is 1.77.